The number of carbonyl (C=O) groups excluding carboxylic acids is 1. The van der Waals surface area contributed by atoms with Gasteiger partial charge in [-0.15, -0.1) is 24.0 Å². The number of guanidine groups is 1. The molecule has 2 aromatic carbocycles. The number of rotatable bonds is 8. The van der Waals surface area contributed by atoms with Gasteiger partial charge in [0.1, 0.15) is 5.75 Å². The first-order valence-corrected chi connectivity index (χ1v) is 11.0. The fraction of sp³-hybridized carbons (Fsp3) is 0.391. The maximum atomic E-state index is 12.2. The lowest BCUT2D eigenvalue weighted by molar-refractivity contribution is 0.0955. The molecule has 32 heavy (non-hydrogen) atoms. The fourth-order valence-corrected chi connectivity index (χ4v) is 3.80. The van der Waals surface area contributed by atoms with E-state index in [9.17, 15) is 4.79 Å². The Morgan fingerprint density at radius 2 is 1.94 bits per heavy atom. The van der Waals surface area contributed by atoms with Crippen molar-refractivity contribution in [3.8, 4) is 5.75 Å². The maximum absolute atomic E-state index is 12.2. The van der Waals surface area contributed by atoms with Crippen molar-refractivity contribution in [2.45, 2.75) is 19.4 Å². The second kappa shape index (κ2) is 13.4. The minimum absolute atomic E-state index is 0. The van der Waals surface area contributed by atoms with Gasteiger partial charge in [0.15, 0.2) is 5.96 Å². The van der Waals surface area contributed by atoms with E-state index in [1.165, 1.54) is 0 Å². The third-order valence-electron chi connectivity index (χ3n) is 5.08. The van der Waals surface area contributed by atoms with Gasteiger partial charge < -0.3 is 25.6 Å². The second-order valence-corrected chi connectivity index (χ2v) is 7.65. The van der Waals surface area contributed by atoms with Crippen LogP contribution in [0.1, 0.15) is 23.7 Å². The van der Waals surface area contributed by atoms with Crippen molar-refractivity contribution in [1.82, 2.24) is 16.0 Å². The average Bonchev–Trinajstić information content (AvgIpc) is 3.25. The van der Waals surface area contributed by atoms with E-state index in [1.807, 2.05) is 25.1 Å². The van der Waals surface area contributed by atoms with E-state index >= 15 is 0 Å². The third kappa shape index (κ3) is 7.16. The van der Waals surface area contributed by atoms with Gasteiger partial charge in [0.25, 0.3) is 5.91 Å². The van der Waals surface area contributed by atoms with Crippen molar-refractivity contribution in [1.29, 1.82) is 0 Å². The lowest BCUT2D eigenvalue weighted by atomic mass is 10.2. The first-order chi connectivity index (χ1) is 15.1. The minimum Gasteiger partial charge on any atom is -0.495 e. The number of para-hydroxylation sites is 2. The highest BCUT2D eigenvalue weighted by Crippen LogP contribution is 2.30. The van der Waals surface area contributed by atoms with Crippen molar-refractivity contribution >= 4 is 53.1 Å². The Morgan fingerprint density at radius 1 is 1.19 bits per heavy atom. The number of halogens is 2. The van der Waals surface area contributed by atoms with Gasteiger partial charge in [0.05, 0.1) is 29.9 Å². The summed E-state index contributed by atoms with van der Waals surface area (Å²) in [4.78, 5) is 19.2. The van der Waals surface area contributed by atoms with Crippen LogP contribution in [0.4, 0.5) is 5.69 Å². The van der Waals surface area contributed by atoms with E-state index in [2.05, 4.69) is 31.9 Å². The number of carbonyl (C=O) groups is 1. The van der Waals surface area contributed by atoms with E-state index < -0.39 is 0 Å². The van der Waals surface area contributed by atoms with Gasteiger partial charge in [0, 0.05) is 32.2 Å². The minimum atomic E-state index is -0.193. The van der Waals surface area contributed by atoms with Crippen LogP contribution in [-0.4, -0.2) is 57.7 Å². The van der Waals surface area contributed by atoms with E-state index in [4.69, 9.17) is 16.3 Å². The quantitative estimate of drug-likeness (QED) is 0.196. The van der Waals surface area contributed by atoms with Crippen LogP contribution in [-0.2, 0) is 0 Å². The summed E-state index contributed by atoms with van der Waals surface area (Å²) < 4.78 is 5.50. The lowest BCUT2D eigenvalue weighted by Crippen LogP contribution is -2.45. The molecule has 0 spiro atoms. The molecule has 3 rings (SSSR count). The molecule has 9 heteroatoms. The predicted molar refractivity (Wildman–Crippen MR) is 142 cm³/mol. The second-order valence-electron chi connectivity index (χ2n) is 7.24. The van der Waals surface area contributed by atoms with E-state index in [1.54, 1.807) is 31.4 Å². The lowest BCUT2D eigenvalue weighted by Gasteiger charge is -2.22. The Balaban J connectivity index is 0.00000363. The van der Waals surface area contributed by atoms with Gasteiger partial charge in [-0.3, -0.25) is 9.79 Å². The fourth-order valence-electron chi connectivity index (χ4n) is 3.58. The zero-order chi connectivity index (χ0) is 22.1. The van der Waals surface area contributed by atoms with E-state index in [0.29, 0.717) is 23.7 Å². The first-order valence-electron chi connectivity index (χ1n) is 10.6. The van der Waals surface area contributed by atoms with Crippen LogP contribution in [0.5, 0.6) is 5.75 Å². The van der Waals surface area contributed by atoms with E-state index in [-0.39, 0.29) is 35.9 Å². The van der Waals surface area contributed by atoms with Crippen molar-refractivity contribution in [3.63, 3.8) is 0 Å². The number of ether oxygens (including phenoxy) is 1. The number of benzene rings is 2. The number of methoxy groups -OCH3 is 1. The normalized spacial score (nSPS) is 15.7. The number of hydrogen-bond donors (Lipinski definition) is 3. The van der Waals surface area contributed by atoms with Gasteiger partial charge in [0.2, 0.25) is 0 Å². The summed E-state index contributed by atoms with van der Waals surface area (Å²) in [6.07, 6.45) is 1.01. The molecule has 2 aromatic rings. The molecule has 3 N–H and O–H groups in total. The molecule has 174 valence electrons. The van der Waals surface area contributed by atoms with Crippen LogP contribution >= 0.6 is 35.6 Å². The molecule has 7 nitrogen and oxygen atoms in total. The molecule has 0 bridgehead atoms. The summed E-state index contributed by atoms with van der Waals surface area (Å²) in [5.41, 5.74) is 1.58. The SMILES string of the molecule is CCNC(=NCCNC(=O)c1ccccc1Cl)NC1CCN(c2ccccc2OC)C1.I. The molecule has 1 aliphatic rings. The molecular weight excluding hydrogens is 541 g/mol. The number of nitrogens with one attached hydrogen (secondary N) is 3. The average molecular weight is 572 g/mol. The van der Waals surface area contributed by atoms with E-state index in [0.717, 1.165) is 43.5 Å². The zero-order valence-corrected chi connectivity index (χ0v) is 21.5. The molecule has 0 aromatic heterocycles. The molecule has 1 aliphatic heterocycles. The summed E-state index contributed by atoms with van der Waals surface area (Å²) in [5, 5.41) is 10.1. The number of anilines is 1. The largest absolute Gasteiger partial charge is 0.495 e. The Bertz CT molecular complexity index is 911. The Hall–Kier alpha value is -2.20. The van der Waals surface area contributed by atoms with Crippen LogP contribution in [0, 0.1) is 0 Å². The van der Waals surface area contributed by atoms with Crippen LogP contribution in [0.3, 0.4) is 0 Å². The molecular formula is C23H31ClIN5O2. The number of hydrogen-bond acceptors (Lipinski definition) is 4. The standard InChI is InChI=1S/C23H30ClN5O2.HI/c1-3-25-23(27-14-13-26-22(30)18-8-4-5-9-19(18)24)28-17-12-15-29(16-17)20-10-6-7-11-21(20)31-2;/h4-11,17H,3,12-16H2,1-2H3,(H,26,30)(H2,25,27,28);1H. The summed E-state index contributed by atoms with van der Waals surface area (Å²) in [6, 6.07) is 15.4. The van der Waals surface area contributed by atoms with Gasteiger partial charge >= 0.3 is 0 Å². The molecule has 1 fully saturated rings. The topological polar surface area (TPSA) is 78.0 Å². The van der Waals surface area contributed by atoms with Crippen LogP contribution in [0.2, 0.25) is 5.02 Å². The summed E-state index contributed by atoms with van der Waals surface area (Å²) in [7, 11) is 1.70. The molecule has 1 atom stereocenters. The van der Waals surface area contributed by atoms with Crippen molar-refractivity contribution in [3.05, 3.63) is 59.1 Å². The molecule has 1 heterocycles. The van der Waals surface area contributed by atoms with Crippen LogP contribution < -0.4 is 25.6 Å². The highest BCUT2D eigenvalue weighted by atomic mass is 127. The third-order valence-corrected chi connectivity index (χ3v) is 5.41. The molecule has 1 saturated heterocycles. The monoisotopic (exact) mass is 571 g/mol. The number of aliphatic imine (C=N–C) groups is 1. The van der Waals surface area contributed by atoms with Gasteiger partial charge in [-0.2, -0.15) is 0 Å². The zero-order valence-electron chi connectivity index (χ0n) is 18.4. The van der Waals surface area contributed by atoms with Crippen molar-refractivity contribution < 1.29 is 9.53 Å². The number of nitrogens with zero attached hydrogens (tertiary/aromatic N) is 2. The predicted octanol–water partition coefficient (Wildman–Crippen LogP) is 3.53. The van der Waals surface area contributed by atoms with Gasteiger partial charge in [-0.05, 0) is 37.6 Å². The van der Waals surface area contributed by atoms with Crippen LogP contribution in [0.15, 0.2) is 53.5 Å². The highest BCUT2D eigenvalue weighted by molar-refractivity contribution is 14.0. The molecule has 1 unspecified atom stereocenters. The van der Waals surface area contributed by atoms with Crippen LogP contribution in [0.25, 0.3) is 0 Å². The van der Waals surface area contributed by atoms with Crippen molar-refractivity contribution in [2.24, 2.45) is 4.99 Å². The Labute approximate surface area is 212 Å². The number of amides is 1. The molecule has 0 radical (unpaired) electrons. The molecule has 1 amide bonds. The summed E-state index contributed by atoms with van der Waals surface area (Å²) >= 11 is 6.07. The smallest absolute Gasteiger partial charge is 0.252 e. The highest BCUT2D eigenvalue weighted by Gasteiger charge is 2.25. The molecule has 0 aliphatic carbocycles. The van der Waals surface area contributed by atoms with Gasteiger partial charge in [-0.25, -0.2) is 0 Å². The Morgan fingerprint density at radius 3 is 2.69 bits per heavy atom. The Kier molecular flexibility index (Phi) is 10.9. The van der Waals surface area contributed by atoms with Crippen molar-refractivity contribution in [2.75, 3.05) is 44.7 Å². The molecule has 0 saturated carbocycles. The van der Waals surface area contributed by atoms with Gasteiger partial charge in [-0.1, -0.05) is 35.9 Å². The summed E-state index contributed by atoms with van der Waals surface area (Å²) in [6.45, 7) is 5.51. The first kappa shape index (κ1) is 26.1. The summed E-state index contributed by atoms with van der Waals surface area (Å²) in [5.74, 6) is 1.45. The maximum Gasteiger partial charge on any atom is 0.252 e.